The summed E-state index contributed by atoms with van der Waals surface area (Å²) in [4.78, 5) is 2.42. The van der Waals surface area contributed by atoms with Crippen molar-refractivity contribution in [3.8, 4) is 11.3 Å². The molecule has 0 saturated heterocycles. The molecule has 0 bridgehead atoms. The van der Waals surface area contributed by atoms with Crippen LogP contribution in [-0.2, 0) is 17.7 Å². The van der Waals surface area contributed by atoms with Crippen LogP contribution in [0.5, 0.6) is 0 Å². The Morgan fingerprint density at radius 1 is 1.17 bits per heavy atom. The first-order valence-corrected chi connectivity index (χ1v) is 8.62. The molecule has 0 atom stereocenters. The third-order valence-corrected chi connectivity index (χ3v) is 4.71. The Balaban J connectivity index is 1.67. The summed E-state index contributed by atoms with van der Waals surface area (Å²) in [5.74, 6) is 1.03. The molecule has 24 heavy (non-hydrogen) atoms. The normalized spacial score (nSPS) is 14.9. The van der Waals surface area contributed by atoms with Gasteiger partial charge < -0.3 is 9.26 Å². The number of benzene rings is 2. The zero-order valence-electron chi connectivity index (χ0n) is 14.0. The van der Waals surface area contributed by atoms with Crippen LogP contribution in [0, 0.1) is 0 Å². The Morgan fingerprint density at radius 3 is 2.96 bits per heavy atom. The first kappa shape index (κ1) is 15.4. The Labute approximate surface area is 142 Å². The third-order valence-electron chi connectivity index (χ3n) is 4.71. The van der Waals surface area contributed by atoms with E-state index in [4.69, 9.17) is 9.26 Å². The summed E-state index contributed by atoms with van der Waals surface area (Å²) in [6.45, 7) is 6.42. The quantitative estimate of drug-likeness (QED) is 0.668. The summed E-state index contributed by atoms with van der Waals surface area (Å²) in [6.07, 6.45) is 0.916. The van der Waals surface area contributed by atoms with Crippen LogP contribution in [0.2, 0.25) is 0 Å². The summed E-state index contributed by atoms with van der Waals surface area (Å²) in [7, 11) is 0. The molecule has 0 amide bonds. The van der Waals surface area contributed by atoms with Crippen molar-refractivity contribution >= 4 is 10.8 Å². The Kier molecular flexibility index (Phi) is 4.32. The molecule has 0 radical (unpaired) electrons. The number of nitrogens with zero attached hydrogens (tertiary/aromatic N) is 2. The van der Waals surface area contributed by atoms with Gasteiger partial charge in [-0.05, 0) is 17.7 Å². The predicted molar refractivity (Wildman–Crippen MR) is 94.9 cm³/mol. The average molecular weight is 322 g/mol. The molecule has 1 aliphatic heterocycles. The molecule has 0 spiro atoms. The lowest BCUT2D eigenvalue weighted by Crippen LogP contribution is -2.33. The molecule has 0 fully saturated rings. The summed E-state index contributed by atoms with van der Waals surface area (Å²) in [5.41, 5.74) is 3.38. The maximum absolute atomic E-state index is 5.66. The second kappa shape index (κ2) is 6.75. The minimum Gasteiger partial charge on any atom is -0.380 e. The van der Waals surface area contributed by atoms with Crippen LogP contribution in [0.1, 0.15) is 18.2 Å². The second-order valence-corrected chi connectivity index (χ2v) is 6.18. The van der Waals surface area contributed by atoms with Gasteiger partial charge in [-0.2, -0.15) is 0 Å². The number of fused-ring (bicyclic) bond motifs is 2. The van der Waals surface area contributed by atoms with Crippen molar-refractivity contribution in [1.29, 1.82) is 0 Å². The standard InChI is InChI=1S/C20H22N2O2/c1-2-23-13-12-22-11-10-19-18(14-22)20(21-24-19)17-9-5-7-15-6-3-4-8-16(15)17/h3-9H,2,10-14H2,1H3. The van der Waals surface area contributed by atoms with E-state index < -0.39 is 0 Å². The third kappa shape index (κ3) is 2.83. The van der Waals surface area contributed by atoms with E-state index in [1.807, 2.05) is 6.92 Å². The van der Waals surface area contributed by atoms with Crippen molar-refractivity contribution in [3.63, 3.8) is 0 Å². The molecular formula is C20H22N2O2. The van der Waals surface area contributed by atoms with Gasteiger partial charge in [-0.3, -0.25) is 4.90 Å². The molecule has 2 heterocycles. The molecular weight excluding hydrogens is 300 g/mol. The highest BCUT2D eigenvalue weighted by Crippen LogP contribution is 2.34. The van der Waals surface area contributed by atoms with Gasteiger partial charge in [-0.15, -0.1) is 0 Å². The fourth-order valence-electron chi connectivity index (χ4n) is 3.44. The lowest BCUT2D eigenvalue weighted by molar-refractivity contribution is 0.107. The van der Waals surface area contributed by atoms with Gasteiger partial charge >= 0.3 is 0 Å². The maximum Gasteiger partial charge on any atom is 0.143 e. The minimum absolute atomic E-state index is 0.771. The number of ether oxygens (including phenoxy) is 1. The zero-order chi connectivity index (χ0) is 16.4. The number of aromatic nitrogens is 1. The Hall–Kier alpha value is -2.17. The second-order valence-electron chi connectivity index (χ2n) is 6.18. The van der Waals surface area contributed by atoms with Crippen LogP contribution in [0.25, 0.3) is 22.0 Å². The van der Waals surface area contributed by atoms with Crippen LogP contribution in [0.3, 0.4) is 0 Å². The van der Waals surface area contributed by atoms with Gasteiger partial charge in [-0.1, -0.05) is 47.6 Å². The number of rotatable bonds is 5. The van der Waals surface area contributed by atoms with Gasteiger partial charge in [-0.25, -0.2) is 0 Å². The molecule has 4 nitrogen and oxygen atoms in total. The van der Waals surface area contributed by atoms with Crippen LogP contribution in [0.15, 0.2) is 47.0 Å². The molecule has 2 aromatic carbocycles. The molecule has 4 rings (SSSR count). The van der Waals surface area contributed by atoms with E-state index >= 15 is 0 Å². The first-order chi connectivity index (χ1) is 11.9. The van der Waals surface area contributed by atoms with E-state index in [-0.39, 0.29) is 0 Å². The summed E-state index contributed by atoms with van der Waals surface area (Å²) in [5, 5.41) is 6.87. The van der Waals surface area contributed by atoms with E-state index in [2.05, 4.69) is 52.5 Å². The van der Waals surface area contributed by atoms with E-state index in [1.165, 1.54) is 16.3 Å². The molecule has 0 N–H and O–H groups in total. The molecule has 0 saturated carbocycles. The van der Waals surface area contributed by atoms with E-state index in [1.54, 1.807) is 0 Å². The average Bonchev–Trinajstić information content (AvgIpc) is 3.04. The molecule has 0 unspecified atom stereocenters. The van der Waals surface area contributed by atoms with Crippen LogP contribution in [0.4, 0.5) is 0 Å². The fraction of sp³-hybridized carbons (Fsp3) is 0.350. The molecule has 1 aliphatic rings. The van der Waals surface area contributed by atoms with Gasteiger partial charge in [0.25, 0.3) is 0 Å². The monoisotopic (exact) mass is 322 g/mol. The van der Waals surface area contributed by atoms with Gasteiger partial charge in [0, 0.05) is 43.8 Å². The topological polar surface area (TPSA) is 38.5 Å². The highest BCUT2D eigenvalue weighted by molar-refractivity contribution is 5.96. The minimum atomic E-state index is 0.771. The SMILES string of the molecule is CCOCCN1CCc2onc(-c3cccc4ccccc34)c2C1. The van der Waals surface area contributed by atoms with E-state index in [0.717, 1.165) is 56.3 Å². The van der Waals surface area contributed by atoms with Crippen LogP contribution < -0.4 is 0 Å². The first-order valence-electron chi connectivity index (χ1n) is 8.62. The van der Waals surface area contributed by atoms with Crippen molar-refractivity contribution in [2.75, 3.05) is 26.3 Å². The van der Waals surface area contributed by atoms with Crippen molar-refractivity contribution in [2.24, 2.45) is 0 Å². The van der Waals surface area contributed by atoms with Crippen LogP contribution in [-0.4, -0.2) is 36.4 Å². The predicted octanol–water partition coefficient (Wildman–Crippen LogP) is 3.89. The molecule has 3 aromatic rings. The van der Waals surface area contributed by atoms with Crippen molar-refractivity contribution in [3.05, 3.63) is 53.8 Å². The molecule has 1 aromatic heterocycles. The van der Waals surface area contributed by atoms with Crippen molar-refractivity contribution < 1.29 is 9.26 Å². The van der Waals surface area contributed by atoms with E-state index in [0.29, 0.717) is 0 Å². The lowest BCUT2D eigenvalue weighted by atomic mass is 9.97. The van der Waals surface area contributed by atoms with Crippen molar-refractivity contribution in [2.45, 2.75) is 19.9 Å². The Bertz CT molecular complexity index is 835. The largest absolute Gasteiger partial charge is 0.380 e. The van der Waals surface area contributed by atoms with Gasteiger partial charge in [0.05, 0.1) is 6.61 Å². The van der Waals surface area contributed by atoms with Crippen LogP contribution >= 0.6 is 0 Å². The summed E-state index contributed by atoms with van der Waals surface area (Å²) >= 11 is 0. The molecule has 0 aliphatic carbocycles. The fourth-order valence-corrected chi connectivity index (χ4v) is 3.44. The number of hydrogen-bond donors (Lipinski definition) is 0. The summed E-state index contributed by atoms with van der Waals surface area (Å²) < 4.78 is 11.2. The Morgan fingerprint density at radius 2 is 2.04 bits per heavy atom. The highest BCUT2D eigenvalue weighted by atomic mass is 16.5. The smallest absolute Gasteiger partial charge is 0.143 e. The van der Waals surface area contributed by atoms with E-state index in [9.17, 15) is 0 Å². The van der Waals surface area contributed by atoms with Gasteiger partial charge in [0.1, 0.15) is 11.5 Å². The lowest BCUT2D eigenvalue weighted by Gasteiger charge is -2.25. The van der Waals surface area contributed by atoms with Crippen molar-refractivity contribution in [1.82, 2.24) is 10.1 Å². The highest BCUT2D eigenvalue weighted by Gasteiger charge is 2.25. The molecule has 124 valence electrons. The number of hydrogen-bond acceptors (Lipinski definition) is 4. The summed E-state index contributed by atoms with van der Waals surface area (Å²) in [6, 6.07) is 14.8. The zero-order valence-corrected chi connectivity index (χ0v) is 14.0. The maximum atomic E-state index is 5.66. The van der Waals surface area contributed by atoms with Gasteiger partial charge in [0.2, 0.25) is 0 Å². The molecule has 4 heteroatoms. The van der Waals surface area contributed by atoms with Gasteiger partial charge in [0.15, 0.2) is 0 Å².